The number of carbonyl (C=O) groups excluding carboxylic acids is 2. The maximum atomic E-state index is 10.9. The third-order valence-corrected chi connectivity index (χ3v) is 1.38. The van der Waals surface area contributed by atoms with Crippen molar-refractivity contribution in [3.63, 3.8) is 0 Å². The van der Waals surface area contributed by atoms with Gasteiger partial charge in [0.05, 0.1) is 13.2 Å². The molecule has 11 heavy (non-hydrogen) atoms. The van der Waals surface area contributed by atoms with Crippen LogP contribution < -0.4 is 5.73 Å². The van der Waals surface area contributed by atoms with Crippen LogP contribution in [0.25, 0.3) is 0 Å². The first-order valence-corrected chi connectivity index (χ1v) is 3.26. The Kier molecular flexibility index (Phi) is 2.43. The van der Waals surface area contributed by atoms with E-state index in [4.69, 9.17) is 10.5 Å². The Bertz CT molecular complexity index is 179. The second kappa shape index (κ2) is 3.34. The minimum Gasteiger partial charge on any atom is -0.436 e. The minimum absolute atomic E-state index is 0.127. The number of carbonyl (C=O) groups is 2. The molecule has 1 rings (SSSR count). The number of ether oxygens (including phenoxy) is 2. The average Bonchev–Trinajstić information content (AvgIpc) is 1.93. The molecule has 1 fully saturated rings. The first-order valence-electron chi connectivity index (χ1n) is 3.26. The van der Waals surface area contributed by atoms with Gasteiger partial charge in [-0.3, -0.25) is 4.79 Å². The summed E-state index contributed by atoms with van der Waals surface area (Å²) in [4.78, 5) is 21.1. The zero-order chi connectivity index (χ0) is 8.27. The maximum Gasteiger partial charge on any atom is 0.405 e. The molecule has 0 radical (unpaired) electrons. The van der Waals surface area contributed by atoms with Crippen molar-refractivity contribution in [2.24, 2.45) is 5.73 Å². The number of nitrogens with two attached hydrogens (primary N) is 1. The molecule has 0 aliphatic carbocycles. The molecule has 0 aromatic heterocycles. The molecule has 0 aromatic carbocycles. The van der Waals surface area contributed by atoms with Crippen LogP contribution >= 0.6 is 0 Å². The fourth-order valence-corrected chi connectivity index (χ4v) is 0.857. The Morgan fingerprint density at radius 2 is 2.45 bits per heavy atom. The molecule has 1 heterocycles. The lowest BCUT2D eigenvalue weighted by atomic mass is 10.1. The zero-order valence-corrected chi connectivity index (χ0v) is 5.91. The maximum absolute atomic E-state index is 10.9. The molecular formula is C6H9NO4. The van der Waals surface area contributed by atoms with E-state index in [-0.39, 0.29) is 18.8 Å². The minimum atomic E-state index is -0.936. The molecule has 1 amide bonds. The van der Waals surface area contributed by atoms with E-state index in [9.17, 15) is 9.59 Å². The predicted molar refractivity (Wildman–Crippen MR) is 34.9 cm³/mol. The second-order valence-corrected chi connectivity index (χ2v) is 2.22. The lowest BCUT2D eigenvalue weighted by Crippen LogP contribution is -2.38. The summed E-state index contributed by atoms with van der Waals surface area (Å²) >= 11 is 0. The summed E-state index contributed by atoms with van der Waals surface area (Å²) in [5, 5.41) is 0. The van der Waals surface area contributed by atoms with Gasteiger partial charge in [-0.1, -0.05) is 0 Å². The van der Waals surface area contributed by atoms with Crippen LogP contribution in [0, 0.1) is 0 Å². The summed E-state index contributed by atoms with van der Waals surface area (Å²) in [6.07, 6.45) is -1.44. The Morgan fingerprint density at radius 1 is 1.73 bits per heavy atom. The Hall–Kier alpha value is -1.10. The fourth-order valence-electron chi connectivity index (χ4n) is 0.857. The van der Waals surface area contributed by atoms with E-state index in [2.05, 4.69) is 4.74 Å². The van der Waals surface area contributed by atoms with E-state index in [1.54, 1.807) is 0 Å². The van der Waals surface area contributed by atoms with Gasteiger partial charge >= 0.3 is 6.09 Å². The normalized spacial score (nSPS) is 24.7. The van der Waals surface area contributed by atoms with Gasteiger partial charge in [-0.25, -0.2) is 4.79 Å². The van der Waals surface area contributed by atoms with Crippen molar-refractivity contribution in [1.29, 1.82) is 0 Å². The molecule has 5 heteroatoms. The van der Waals surface area contributed by atoms with Crippen molar-refractivity contribution in [3.8, 4) is 0 Å². The Balaban J connectivity index is 2.42. The van der Waals surface area contributed by atoms with E-state index in [0.29, 0.717) is 6.61 Å². The summed E-state index contributed by atoms with van der Waals surface area (Å²) in [5.74, 6) is -0.130. The van der Waals surface area contributed by atoms with E-state index >= 15 is 0 Å². The van der Waals surface area contributed by atoms with E-state index in [1.807, 2.05) is 0 Å². The summed E-state index contributed by atoms with van der Waals surface area (Å²) in [6, 6.07) is 0. The van der Waals surface area contributed by atoms with Crippen LogP contribution in [0.15, 0.2) is 0 Å². The fraction of sp³-hybridized carbons (Fsp3) is 0.667. The number of Topliss-reactive ketones (excluding diaryl/α,β-unsaturated/α-hetero) is 1. The van der Waals surface area contributed by atoms with Crippen LogP contribution in [-0.2, 0) is 14.3 Å². The van der Waals surface area contributed by atoms with Crippen molar-refractivity contribution in [2.75, 3.05) is 13.2 Å². The van der Waals surface area contributed by atoms with Gasteiger partial charge in [0.1, 0.15) is 0 Å². The number of rotatable bonds is 1. The van der Waals surface area contributed by atoms with Crippen molar-refractivity contribution < 1.29 is 19.1 Å². The third kappa shape index (κ3) is 2.19. The Labute approximate surface area is 63.4 Å². The van der Waals surface area contributed by atoms with Crippen LogP contribution in [0.5, 0.6) is 0 Å². The van der Waals surface area contributed by atoms with Crippen LogP contribution in [0.3, 0.4) is 0 Å². The molecule has 0 spiro atoms. The van der Waals surface area contributed by atoms with Crippen molar-refractivity contribution >= 4 is 11.9 Å². The van der Waals surface area contributed by atoms with E-state index in [1.165, 1.54) is 0 Å². The monoisotopic (exact) mass is 159 g/mol. The highest BCUT2D eigenvalue weighted by atomic mass is 16.6. The van der Waals surface area contributed by atoms with Gasteiger partial charge in [0, 0.05) is 6.42 Å². The predicted octanol–water partition coefficient (Wildman–Crippen LogP) is -0.560. The van der Waals surface area contributed by atoms with Crippen molar-refractivity contribution in [3.05, 3.63) is 0 Å². The van der Waals surface area contributed by atoms with Crippen LogP contribution in [0.1, 0.15) is 6.42 Å². The first kappa shape index (κ1) is 8.00. The molecule has 0 saturated carbocycles. The topological polar surface area (TPSA) is 78.6 Å². The van der Waals surface area contributed by atoms with Gasteiger partial charge in [-0.05, 0) is 0 Å². The number of hydrogen-bond acceptors (Lipinski definition) is 4. The van der Waals surface area contributed by atoms with E-state index < -0.39 is 12.2 Å². The molecule has 2 N–H and O–H groups in total. The van der Waals surface area contributed by atoms with Crippen LogP contribution in [0.2, 0.25) is 0 Å². The van der Waals surface area contributed by atoms with E-state index in [0.717, 1.165) is 0 Å². The molecular weight excluding hydrogens is 150 g/mol. The quantitative estimate of drug-likeness (QED) is 0.556. The molecule has 0 bridgehead atoms. The summed E-state index contributed by atoms with van der Waals surface area (Å²) < 4.78 is 9.37. The smallest absolute Gasteiger partial charge is 0.405 e. The van der Waals surface area contributed by atoms with Gasteiger partial charge in [0.25, 0.3) is 0 Å². The van der Waals surface area contributed by atoms with Gasteiger partial charge in [-0.15, -0.1) is 0 Å². The Morgan fingerprint density at radius 3 is 3.00 bits per heavy atom. The number of amides is 1. The third-order valence-electron chi connectivity index (χ3n) is 1.38. The summed E-state index contributed by atoms with van der Waals surface area (Å²) in [6.45, 7) is 0.527. The average molecular weight is 159 g/mol. The second-order valence-electron chi connectivity index (χ2n) is 2.22. The lowest BCUT2D eigenvalue weighted by Gasteiger charge is -2.19. The largest absolute Gasteiger partial charge is 0.436 e. The first-order chi connectivity index (χ1) is 5.20. The van der Waals surface area contributed by atoms with Gasteiger partial charge in [0.2, 0.25) is 0 Å². The molecule has 1 aliphatic rings. The molecule has 0 aromatic rings. The molecule has 0 unspecified atom stereocenters. The molecule has 1 aliphatic heterocycles. The number of primary amides is 1. The number of hydrogen-bond donors (Lipinski definition) is 1. The molecule has 62 valence electrons. The summed E-state index contributed by atoms with van der Waals surface area (Å²) in [5.41, 5.74) is 4.72. The highest BCUT2D eigenvalue weighted by molar-refractivity contribution is 5.85. The SMILES string of the molecule is NC(=O)O[C@H]1COCCC1=O. The van der Waals surface area contributed by atoms with Gasteiger partial charge in [0.15, 0.2) is 11.9 Å². The standard InChI is InChI=1S/C6H9NO4/c7-6(9)11-5-3-10-2-1-4(5)8/h5H,1-3H2,(H2,7,9)/t5-/m0/s1. The highest BCUT2D eigenvalue weighted by Gasteiger charge is 2.25. The van der Waals surface area contributed by atoms with Crippen LogP contribution in [0.4, 0.5) is 4.79 Å². The van der Waals surface area contributed by atoms with Crippen LogP contribution in [-0.4, -0.2) is 31.2 Å². The van der Waals surface area contributed by atoms with Crippen molar-refractivity contribution in [2.45, 2.75) is 12.5 Å². The zero-order valence-electron chi connectivity index (χ0n) is 5.91. The highest BCUT2D eigenvalue weighted by Crippen LogP contribution is 2.05. The number of ketones is 1. The van der Waals surface area contributed by atoms with Gasteiger partial charge < -0.3 is 15.2 Å². The lowest BCUT2D eigenvalue weighted by molar-refractivity contribution is -0.137. The molecule has 1 saturated heterocycles. The molecule has 1 atom stereocenters. The summed E-state index contributed by atoms with van der Waals surface area (Å²) in [7, 11) is 0. The van der Waals surface area contributed by atoms with Crippen molar-refractivity contribution in [1.82, 2.24) is 0 Å². The van der Waals surface area contributed by atoms with Gasteiger partial charge in [-0.2, -0.15) is 0 Å². The molecule has 5 nitrogen and oxygen atoms in total.